The number of aliphatic carboxylic acids is 1. The summed E-state index contributed by atoms with van der Waals surface area (Å²) >= 11 is 0. The molecule has 126 valence electrons. The van der Waals surface area contributed by atoms with E-state index in [1.54, 1.807) is 0 Å². The minimum atomic E-state index is -0.765. The molecule has 0 aliphatic heterocycles. The maximum absolute atomic E-state index is 10.6. The summed E-state index contributed by atoms with van der Waals surface area (Å²) in [4.78, 5) is 10.6. The van der Waals surface area contributed by atoms with Gasteiger partial charge in [0.1, 0.15) is 12.6 Å². The van der Waals surface area contributed by atoms with Gasteiger partial charge in [0.2, 0.25) is 0 Å². The molecule has 0 bridgehead atoms. The van der Waals surface area contributed by atoms with Crippen molar-refractivity contribution in [1.29, 1.82) is 0 Å². The third-order valence-corrected chi connectivity index (χ3v) is 4.03. The number of carboxylic acid groups (broad SMARTS) is 1. The molecule has 0 aromatic rings. The molecule has 0 aliphatic rings. The summed E-state index contributed by atoms with van der Waals surface area (Å²) in [5.41, 5.74) is 0. The lowest BCUT2D eigenvalue weighted by Crippen LogP contribution is -2.46. The quantitative estimate of drug-likeness (QED) is 0.382. The number of unbranched alkanes of at least 4 members (excludes halogenated alkanes) is 7. The maximum Gasteiger partial charge on any atom is 0.309 e. The van der Waals surface area contributed by atoms with Gasteiger partial charge in [-0.05, 0) is 6.42 Å². The van der Waals surface area contributed by atoms with E-state index in [2.05, 4.69) is 6.92 Å². The first-order chi connectivity index (χ1) is 9.87. The summed E-state index contributed by atoms with van der Waals surface area (Å²) in [7, 11) is 3.97. The number of hydrogen-bond donors (Lipinski definition) is 2. The molecular weight excluding hydrogens is 266 g/mol. The molecule has 0 aromatic carbocycles. The van der Waals surface area contributed by atoms with E-state index in [1.165, 1.54) is 44.9 Å². The van der Waals surface area contributed by atoms with Crippen molar-refractivity contribution in [1.82, 2.24) is 0 Å². The zero-order valence-electron chi connectivity index (χ0n) is 14.3. The molecule has 4 heteroatoms. The normalized spacial score (nSPS) is 13.3. The molecule has 4 nitrogen and oxygen atoms in total. The third-order valence-electron chi connectivity index (χ3n) is 4.03. The Morgan fingerprint density at radius 2 is 1.52 bits per heavy atom. The number of rotatable bonds is 14. The predicted octanol–water partition coefficient (Wildman–Crippen LogP) is 3.43. The van der Waals surface area contributed by atoms with Crippen LogP contribution in [0.4, 0.5) is 0 Å². The molecule has 1 atom stereocenters. The molecule has 0 amide bonds. The van der Waals surface area contributed by atoms with Crippen LogP contribution in [0.5, 0.6) is 0 Å². The van der Waals surface area contributed by atoms with E-state index >= 15 is 0 Å². The van der Waals surface area contributed by atoms with Crippen molar-refractivity contribution < 1.29 is 19.5 Å². The van der Waals surface area contributed by atoms with Crippen LogP contribution < -0.4 is 0 Å². The van der Waals surface area contributed by atoms with Gasteiger partial charge in [0, 0.05) is 0 Å². The lowest BCUT2D eigenvalue weighted by molar-refractivity contribution is -0.892. The van der Waals surface area contributed by atoms with Gasteiger partial charge in [0.15, 0.2) is 0 Å². The molecule has 0 radical (unpaired) electrons. The highest BCUT2D eigenvalue weighted by molar-refractivity contribution is 5.66. The largest absolute Gasteiger partial charge is 0.481 e. The van der Waals surface area contributed by atoms with Crippen LogP contribution >= 0.6 is 0 Å². The van der Waals surface area contributed by atoms with Crippen molar-refractivity contribution >= 4 is 5.97 Å². The third kappa shape index (κ3) is 14.1. The number of likely N-dealkylation sites (N-methyl/N-ethyl adjacent to an activating group) is 1. The Labute approximate surface area is 130 Å². The minimum Gasteiger partial charge on any atom is -0.481 e. The molecule has 0 rings (SSSR count). The molecule has 1 unspecified atom stereocenters. The second-order valence-electron chi connectivity index (χ2n) is 6.90. The smallest absolute Gasteiger partial charge is 0.309 e. The van der Waals surface area contributed by atoms with Gasteiger partial charge in [-0.3, -0.25) is 4.79 Å². The van der Waals surface area contributed by atoms with Crippen LogP contribution in [-0.2, 0) is 4.79 Å². The molecule has 0 aromatic heterocycles. The second kappa shape index (κ2) is 12.0. The van der Waals surface area contributed by atoms with Crippen molar-refractivity contribution in [3.05, 3.63) is 0 Å². The molecule has 0 saturated carbocycles. The highest BCUT2D eigenvalue weighted by Crippen LogP contribution is 2.12. The fraction of sp³-hybridized carbons (Fsp3) is 0.941. The van der Waals surface area contributed by atoms with Crippen molar-refractivity contribution in [2.75, 3.05) is 27.2 Å². The Bertz CT molecular complexity index is 267. The Morgan fingerprint density at radius 1 is 1.00 bits per heavy atom. The first-order valence-corrected chi connectivity index (χ1v) is 8.59. The second-order valence-corrected chi connectivity index (χ2v) is 6.90. The number of quaternary nitrogens is 1. The van der Waals surface area contributed by atoms with Gasteiger partial charge in [-0.1, -0.05) is 58.3 Å². The number of aliphatic hydroxyl groups is 1. The van der Waals surface area contributed by atoms with E-state index in [1.807, 2.05) is 14.1 Å². The van der Waals surface area contributed by atoms with Gasteiger partial charge in [0.05, 0.1) is 27.1 Å². The van der Waals surface area contributed by atoms with Gasteiger partial charge < -0.3 is 14.7 Å². The Morgan fingerprint density at radius 3 is 2.05 bits per heavy atom. The zero-order valence-corrected chi connectivity index (χ0v) is 14.3. The van der Waals surface area contributed by atoms with Crippen LogP contribution in [0.25, 0.3) is 0 Å². The number of aliphatic hydroxyl groups excluding tert-OH is 1. The molecule has 0 saturated heterocycles. The summed E-state index contributed by atoms with van der Waals surface area (Å²) < 4.78 is 0.574. The minimum absolute atomic E-state index is 0.164. The summed E-state index contributed by atoms with van der Waals surface area (Å²) in [6, 6.07) is 0. The highest BCUT2D eigenvalue weighted by Gasteiger charge is 2.21. The van der Waals surface area contributed by atoms with Crippen molar-refractivity contribution in [3.63, 3.8) is 0 Å². The van der Waals surface area contributed by atoms with Gasteiger partial charge >= 0.3 is 5.97 Å². The van der Waals surface area contributed by atoms with E-state index in [9.17, 15) is 9.90 Å². The van der Waals surface area contributed by atoms with Crippen LogP contribution in [0.3, 0.4) is 0 Å². The Hall–Kier alpha value is -0.610. The van der Waals surface area contributed by atoms with Crippen LogP contribution in [0.15, 0.2) is 0 Å². The van der Waals surface area contributed by atoms with E-state index < -0.39 is 5.97 Å². The summed E-state index contributed by atoms with van der Waals surface area (Å²) in [6.45, 7) is 3.45. The summed E-state index contributed by atoms with van der Waals surface area (Å²) in [5, 5.41) is 18.8. The van der Waals surface area contributed by atoms with Crippen LogP contribution in [0.2, 0.25) is 0 Å². The van der Waals surface area contributed by atoms with E-state index in [-0.39, 0.29) is 12.5 Å². The first-order valence-electron chi connectivity index (χ1n) is 8.59. The first kappa shape index (κ1) is 20.4. The molecule has 2 N–H and O–H groups in total. The van der Waals surface area contributed by atoms with E-state index in [4.69, 9.17) is 5.11 Å². The van der Waals surface area contributed by atoms with Crippen molar-refractivity contribution in [2.45, 2.75) is 77.2 Å². The molecule has 0 aliphatic carbocycles. The topological polar surface area (TPSA) is 57.5 Å². The monoisotopic (exact) mass is 302 g/mol. The van der Waals surface area contributed by atoms with Gasteiger partial charge in [-0.15, -0.1) is 0 Å². The van der Waals surface area contributed by atoms with Crippen LogP contribution in [-0.4, -0.2) is 54.0 Å². The van der Waals surface area contributed by atoms with Crippen LogP contribution in [0.1, 0.15) is 71.1 Å². The molecular formula is C17H36NO3+. The fourth-order valence-electron chi connectivity index (χ4n) is 2.67. The maximum atomic E-state index is 10.6. The lowest BCUT2D eigenvalue weighted by Gasteiger charge is -2.31. The summed E-state index contributed by atoms with van der Waals surface area (Å²) in [6.07, 6.45) is 10.9. The predicted molar refractivity (Wildman–Crippen MR) is 87.3 cm³/mol. The fourth-order valence-corrected chi connectivity index (χ4v) is 2.67. The van der Waals surface area contributed by atoms with Gasteiger partial charge in [-0.25, -0.2) is 0 Å². The average molecular weight is 302 g/mol. The highest BCUT2D eigenvalue weighted by atomic mass is 16.4. The Kier molecular flexibility index (Phi) is 11.6. The average Bonchev–Trinajstić information content (AvgIpc) is 2.39. The number of nitrogens with zero attached hydrogens (tertiary/aromatic N) is 1. The van der Waals surface area contributed by atoms with Crippen molar-refractivity contribution in [3.8, 4) is 0 Å². The number of carboxylic acids is 1. The van der Waals surface area contributed by atoms with E-state index in [0.717, 1.165) is 12.8 Å². The lowest BCUT2D eigenvalue weighted by atomic mass is 10.1. The van der Waals surface area contributed by atoms with Crippen LogP contribution in [0, 0.1) is 0 Å². The zero-order chi connectivity index (χ0) is 16.1. The van der Waals surface area contributed by atoms with Gasteiger partial charge in [0.25, 0.3) is 0 Å². The van der Waals surface area contributed by atoms with E-state index in [0.29, 0.717) is 17.6 Å². The molecule has 0 spiro atoms. The SMILES string of the molecule is CCCCCCCCCCC(O)C[N+](C)(C)CCC(=O)O. The molecule has 0 heterocycles. The number of hydrogen-bond acceptors (Lipinski definition) is 2. The summed E-state index contributed by atoms with van der Waals surface area (Å²) in [5.74, 6) is -0.765. The number of carbonyl (C=O) groups is 1. The van der Waals surface area contributed by atoms with Crippen molar-refractivity contribution in [2.24, 2.45) is 0 Å². The molecule has 0 fully saturated rings. The molecule has 21 heavy (non-hydrogen) atoms. The standard InChI is InChI=1S/C17H35NO3/c1-4-5-6-7-8-9-10-11-12-16(19)15-18(2,3)14-13-17(20)21/h16,19H,4-15H2,1-3H3/p+1. The van der Waals surface area contributed by atoms with Gasteiger partial charge in [-0.2, -0.15) is 0 Å². The Balaban J connectivity index is 3.56.